The number of aromatic nitrogens is 1. The van der Waals surface area contributed by atoms with E-state index in [-0.39, 0.29) is 0 Å². The van der Waals surface area contributed by atoms with Gasteiger partial charge in [0.05, 0.1) is 34.8 Å². The Morgan fingerprint density at radius 1 is 0.970 bits per heavy atom. The number of halogens is 2. The highest BCUT2D eigenvalue weighted by Gasteiger charge is 2.13. The first-order chi connectivity index (χ1) is 16.1. The van der Waals surface area contributed by atoms with Gasteiger partial charge in [-0.05, 0) is 42.5 Å². The molecule has 6 nitrogen and oxygen atoms in total. The summed E-state index contributed by atoms with van der Waals surface area (Å²) >= 11 is 14.3. The second-order valence-corrected chi connectivity index (χ2v) is 8.91. The molecule has 166 valence electrons. The van der Waals surface area contributed by atoms with E-state index in [1.165, 1.54) is 11.3 Å². The van der Waals surface area contributed by atoms with Crippen LogP contribution in [0.1, 0.15) is 0 Å². The number of rotatable bonds is 5. The van der Waals surface area contributed by atoms with Crippen molar-refractivity contribution >= 4 is 60.9 Å². The number of hydrogen-bond donors (Lipinski definition) is 1. The van der Waals surface area contributed by atoms with Crippen LogP contribution in [0.25, 0.3) is 32.5 Å². The molecule has 0 aliphatic rings. The lowest BCUT2D eigenvalue weighted by molar-refractivity contribution is 0.355. The molecule has 2 heterocycles. The molecule has 5 aromatic rings. The Morgan fingerprint density at radius 2 is 1.79 bits per heavy atom. The van der Waals surface area contributed by atoms with Crippen molar-refractivity contribution in [2.24, 2.45) is 5.10 Å². The first-order valence-corrected chi connectivity index (χ1v) is 11.4. The maximum Gasteiger partial charge on any atom is 0.204 e. The Labute approximate surface area is 203 Å². The molecule has 0 radical (unpaired) electrons. The molecular formula is C24H17Cl2N3O3S. The van der Waals surface area contributed by atoms with Crippen LogP contribution < -0.4 is 20.3 Å². The number of hydrogen-bond acceptors (Lipinski definition) is 7. The van der Waals surface area contributed by atoms with Crippen molar-refractivity contribution in [3.8, 4) is 22.8 Å². The van der Waals surface area contributed by atoms with Crippen LogP contribution in [0.15, 0.2) is 70.2 Å². The molecule has 0 aliphatic heterocycles. The minimum Gasteiger partial charge on any atom is -0.493 e. The quantitative estimate of drug-likeness (QED) is 0.265. The van der Waals surface area contributed by atoms with E-state index in [4.69, 9.17) is 37.1 Å². The normalized spacial score (nSPS) is 11.8. The van der Waals surface area contributed by atoms with Gasteiger partial charge in [-0.3, -0.25) is 5.43 Å². The van der Waals surface area contributed by atoms with E-state index in [1.54, 1.807) is 26.4 Å². The van der Waals surface area contributed by atoms with E-state index in [0.717, 1.165) is 15.8 Å². The lowest BCUT2D eigenvalue weighted by atomic mass is 10.1. The molecular weight excluding hydrogens is 481 g/mol. The van der Waals surface area contributed by atoms with Gasteiger partial charge in [-0.25, -0.2) is 4.98 Å². The van der Waals surface area contributed by atoms with Crippen LogP contribution in [0.3, 0.4) is 0 Å². The highest BCUT2D eigenvalue weighted by molar-refractivity contribution is 7.22. The largest absolute Gasteiger partial charge is 0.493 e. The Hall–Kier alpha value is -3.26. The van der Waals surface area contributed by atoms with E-state index in [9.17, 15) is 0 Å². The van der Waals surface area contributed by atoms with Crippen LogP contribution in [-0.2, 0) is 0 Å². The third-order valence-corrected chi connectivity index (χ3v) is 6.44. The highest BCUT2D eigenvalue weighted by atomic mass is 35.5. The molecule has 1 N–H and O–H groups in total. The lowest BCUT2D eigenvalue weighted by Crippen LogP contribution is -2.07. The average Bonchev–Trinajstić information content (AvgIpc) is 3.25. The summed E-state index contributed by atoms with van der Waals surface area (Å²) < 4.78 is 18.0. The van der Waals surface area contributed by atoms with Gasteiger partial charge in [-0.1, -0.05) is 46.7 Å². The van der Waals surface area contributed by atoms with Crippen LogP contribution in [0.4, 0.5) is 5.13 Å². The number of nitrogens with zero attached hydrogens (tertiary/aromatic N) is 2. The van der Waals surface area contributed by atoms with Gasteiger partial charge in [-0.2, -0.15) is 5.10 Å². The highest BCUT2D eigenvalue weighted by Crippen LogP contribution is 2.34. The first kappa shape index (κ1) is 21.6. The van der Waals surface area contributed by atoms with Crippen molar-refractivity contribution < 1.29 is 13.9 Å². The van der Waals surface area contributed by atoms with E-state index < -0.39 is 0 Å². The summed E-state index contributed by atoms with van der Waals surface area (Å²) in [6.07, 6.45) is 0. The van der Waals surface area contributed by atoms with Gasteiger partial charge in [0.1, 0.15) is 5.76 Å². The van der Waals surface area contributed by atoms with Crippen LogP contribution in [0.2, 0.25) is 10.0 Å². The van der Waals surface area contributed by atoms with Gasteiger partial charge in [0.2, 0.25) is 5.13 Å². The summed E-state index contributed by atoms with van der Waals surface area (Å²) in [4.78, 5) is 4.57. The smallest absolute Gasteiger partial charge is 0.204 e. The topological polar surface area (TPSA) is 68.9 Å². The molecule has 0 saturated carbocycles. The van der Waals surface area contributed by atoms with Crippen molar-refractivity contribution in [3.05, 3.63) is 76.1 Å². The van der Waals surface area contributed by atoms with E-state index in [1.807, 2.05) is 48.5 Å². The Balaban J connectivity index is 1.67. The van der Waals surface area contributed by atoms with Gasteiger partial charge < -0.3 is 13.9 Å². The number of thiazole rings is 1. The molecule has 0 atom stereocenters. The van der Waals surface area contributed by atoms with Crippen LogP contribution in [0, 0.1) is 0 Å². The molecule has 2 aromatic heterocycles. The van der Waals surface area contributed by atoms with Gasteiger partial charge in [0.25, 0.3) is 0 Å². The van der Waals surface area contributed by atoms with Crippen molar-refractivity contribution in [3.63, 3.8) is 0 Å². The minimum absolute atomic E-state index is 0.385. The number of nitrogens with one attached hydrogen (secondary N) is 1. The zero-order chi connectivity index (χ0) is 22.9. The number of benzene rings is 3. The van der Waals surface area contributed by atoms with Gasteiger partial charge in [0, 0.05) is 22.0 Å². The fraction of sp³-hybridized carbons (Fsp3) is 0.0833. The maximum absolute atomic E-state index is 6.48. The van der Waals surface area contributed by atoms with E-state index in [2.05, 4.69) is 15.5 Å². The Morgan fingerprint density at radius 3 is 2.58 bits per heavy atom. The molecule has 0 unspecified atom stereocenters. The molecule has 0 fully saturated rings. The van der Waals surface area contributed by atoms with Gasteiger partial charge >= 0.3 is 0 Å². The van der Waals surface area contributed by atoms with Gasteiger partial charge in [0.15, 0.2) is 17.1 Å². The predicted octanol–water partition coefficient (Wildman–Crippen LogP) is 6.96. The molecule has 0 aliphatic carbocycles. The van der Waals surface area contributed by atoms with Crippen LogP contribution >= 0.6 is 34.5 Å². The number of methoxy groups -OCH3 is 2. The number of anilines is 1. The molecule has 33 heavy (non-hydrogen) atoms. The van der Waals surface area contributed by atoms with Crippen molar-refractivity contribution in [2.75, 3.05) is 19.6 Å². The third kappa shape index (κ3) is 4.23. The average molecular weight is 498 g/mol. The molecule has 0 bridgehead atoms. The maximum atomic E-state index is 6.48. The Kier molecular flexibility index (Phi) is 5.85. The summed E-state index contributed by atoms with van der Waals surface area (Å²) in [5, 5.41) is 7.42. The lowest BCUT2D eigenvalue weighted by Gasteiger charge is -2.10. The zero-order valence-corrected chi connectivity index (χ0v) is 19.9. The number of ether oxygens (including phenoxy) is 2. The van der Waals surface area contributed by atoms with E-state index in [0.29, 0.717) is 48.8 Å². The van der Waals surface area contributed by atoms with Crippen molar-refractivity contribution in [2.45, 2.75) is 0 Å². The summed E-state index contributed by atoms with van der Waals surface area (Å²) in [5.74, 6) is 1.75. The summed E-state index contributed by atoms with van der Waals surface area (Å²) in [6.45, 7) is 0. The standard InChI is InChI=1S/C24H17Cl2N3O3S/c1-30-19-8-7-13(9-21(19)31-2)20-12-18(15-10-14(25)11-16(26)23(15)32-20)28-29-24-27-17-5-3-4-6-22(17)33-24/h3-12H,1-2H3,(H,27,29). The Bertz CT molecular complexity index is 1530. The first-order valence-electron chi connectivity index (χ1n) is 9.86. The molecule has 9 heteroatoms. The molecule has 0 spiro atoms. The molecule has 0 amide bonds. The van der Waals surface area contributed by atoms with Gasteiger partial charge in [-0.15, -0.1) is 0 Å². The predicted molar refractivity (Wildman–Crippen MR) is 134 cm³/mol. The minimum atomic E-state index is 0.385. The SMILES string of the molecule is COc1ccc(-c2cc(=NNc3nc4ccccc4s3)c3cc(Cl)cc(Cl)c3o2)cc1OC. The summed E-state index contributed by atoms with van der Waals surface area (Å²) in [5.41, 5.74) is 5.21. The summed E-state index contributed by atoms with van der Waals surface area (Å²) in [6, 6.07) is 18.7. The third-order valence-electron chi connectivity index (χ3n) is 5.00. The van der Waals surface area contributed by atoms with Crippen LogP contribution in [-0.4, -0.2) is 19.2 Å². The molecule has 3 aromatic carbocycles. The van der Waals surface area contributed by atoms with Crippen molar-refractivity contribution in [1.29, 1.82) is 0 Å². The van der Waals surface area contributed by atoms with Crippen LogP contribution in [0.5, 0.6) is 11.5 Å². The fourth-order valence-electron chi connectivity index (χ4n) is 3.45. The molecule has 0 saturated heterocycles. The second kappa shape index (κ2) is 8.94. The molecule has 5 rings (SSSR count). The van der Waals surface area contributed by atoms with Crippen molar-refractivity contribution in [1.82, 2.24) is 4.98 Å². The summed E-state index contributed by atoms with van der Waals surface area (Å²) in [7, 11) is 3.17. The number of para-hydroxylation sites is 1. The van der Waals surface area contributed by atoms with E-state index >= 15 is 0 Å². The number of fused-ring (bicyclic) bond motifs is 2. The fourth-order valence-corrected chi connectivity index (χ4v) is 4.79. The zero-order valence-electron chi connectivity index (χ0n) is 17.6. The monoisotopic (exact) mass is 497 g/mol. The second-order valence-electron chi connectivity index (χ2n) is 7.04.